The minimum atomic E-state index is -5.06. The summed E-state index contributed by atoms with van der Waals surface area (Å²) >= 11 is 0. The number of halogens is 6. The topological polar surface area (TPSA) is 70.0 Å². The molecule has 0 aliphatic heterocycles. The Labute approximate surface area is 155 Å². The van der Waals surface area contributed by atoms with Gasteiger partial charge in [-0.1, -0.05) is 18.2 Å². The molecule has 0 fully saturated rings. The van der Waals surface area contributed by atoms with Crippen LogP contribution in [0.15, 0.2) is 64.5 Å². The van der Waals surface area contributed by atoms with Crippen molar-refractivity contribution < 1.29 is 34.8 Å². The maximum atomic E-state index is 12.9. The summed E-state index contributed by atoms with van der Waals surface area (Å²) in [5.41, 5.74) is -3.84. The van der Waals surface area contributed by atoms with E-state index in [0.29, 0.717) is 18.3 Å². The SMILES string of the molecule is N#CC(=CNc1cc(C(F)(F)F)cc(C(F)(F)F)c1)S(=O)(=O)c1ccccc1. The van der Waals surface area contributed by atoms with Gasteiger partial charge in [0.15, 0.2) is 4.91 Å². The lowest BCUT2D eigenvalue weighted by Crippen LogP contribution is -2.12. The number of alkyl halides is 6. The molecule has 0 aromatic heterocycles. The molecule has 0 saturated carbocycles. The van der Waals surface area contributed by atoms with Crippen molar-refractivity contribution in [1.82, 2.24) is 0 Å². The van der Waals surface area contributed by atoms with E-state index < -0.39 is 43.9 Å². The molecule has 2 aromatic carbocycles. The van der Waals surface area contributed by atoms with Crippen molar-refractivity contribution in [3.8, 4) is 6.07 Å². The molecule has 11 heteroatoms. The monoisotopic (exact) mass is 420 g/mol. The standard InChI is InChI=1S/C17H10F6N2O2S/c18-16(19,20)11-6-12(17(21,22)23)8-13(7-11)25-10-15(9-24)28(26,27)14-4-2-1-3-5-14/h1-8,10,25H. The summed E-state index contributed by atoms with van der Waals surface area (Å²) in [6.07, 6.45) is -9.58. The molecule has 0 aliphatic carbocycles. The summed E-state index contributed by atoms with van der Waals surface area (Å²) in [5, 5.41) is 11.1. The number of benzene rings is 2. The van der Waals surface area contributed by atoms with Crippen molar-refractivity contribution in [2.75, 3.05) is 5.32 Å². The number of nitriles is 1. The molecule has 1 N–H and O–H groups in total. The van der Waals surface area contributed by atoms with Gasteiger partial charge in [-0.15, -0.1) is 0 Å². The van der Waals surface area contributed by atoms with Gasteiger partial charge in [-0.25, -0.2) is 8.42 Å². The van der Waals surface area contributed by atoms with Gasteiger partial charge in [0.05, 0.1) is 16.0 Å². The molecular formula is C17H10F6N2O2S. The van der Waals surface area contributed by atoms with Crippen molar-refractivity contribution >= 4 is 15.5 Å². The summed E-state index contributed by atoms with van der Waals surface area (Å²) in [5.74, 6) is 0. The first-order valence-corrected chi connectivity index (χ1v) is 8.80. The average molecular weight is 420 g/mol. The fourth-order valence-corrected chi connectivity index (χ4v) is 3.19. The van der Waals surface area contributed by atoms with E-state index in [-0.39, 0.29) is 11.0 Å². The number of anilines is 1. The zero-order chi connectivity index (χ0) is 21.2. The van der Waals surface area contributed by atoms with E-state index in [1.807, 2.05) is 5.32 Å². The number of nitrogens with one attached hydrogen (secondary N) is 1. The van der Waals surface area contributed by atoms with Crippen LogP contribution in [0.25, 0.3) is 0 Å². The van der Waals surface area contributed by atoms with E-state index in [1.54, 1.807) is 0 Å². The molecule has 0 amide bonds. The Morgan fingerprint density at radius 3 is 1.86 bits per heavy atom. The largest absolute Gasteiger partial charge is 0.416 e. The summed E-state index contributed by atoms with van der Waals surface area (Å²) in [6, 6.07) is 8.71. The smallest absolute Gasteiger partial charge is 0.360 e. The molecule has 2 rings (SSSR count). The van der Waals surface area contributed by atoms with E-state index in [9.17, 15) is 34.8 Å². The normalized spacial score (nSPS) is 13.1. The molecule has 0 heterocycles. The summed E-state index contributed by atoms with van der Waals surface area (Å²) in [6.45, 7) is 0. The van der Waals surface area contributed by atoms with Gasteiger partial charge >= 0.3 is 12.4 Å². The Hall–Kier alpha value is -3.00. The van der Waals surface area contributed by atoms with Crippen LogP contribution in [-0.2, 0) is 22.2 Å². The first kappa shape index (κ1) is 21.3. The molecule has 0 spiro atoms. The van der Waals surface area contributed by atoms with Crippen molar-refractivity contribution in [2.24, 2.45) is 0 Å². The number of sulfone groups is 1. The van der Waals surface area contributed by atoms with Crippen molar-refractivity contribution in [1.29, 1.82) is 5.26 Å². The fraction of sp³-hybridized carbons (Fsp3) is 0.118. The summed E-state index contributed by atoms with van der Waals surface area (Å²) in [7, 11) is -4.31. The van der Waals surface area contributed by atoms with E-state index in [4.69, 9.17) is 5.26 Å². The highest BCUT2D eigenvalue weighted by Gasteiger charge is 2.37. The van der Waals surface area contributed by atoms with Gasteiger partial charge in [-0.3, -0.25) is 0 Å². The highest BCUT2D eigenvalue weighted by atomic mass is 32.2. The minimum Gasteiger partial charge on any atom is -0.360 e. The van der Waals surface area contributed by atoms with Gasteiger partial charge in [0.2, 0.25) is 9.84 Å². The van der Waals surface area contributed by atoms with Gasteiger partial charge < -0.3 is 5.32 Å². The molecule has 0 bridgehead atoms. The second-order valence-corrected chi connectivity index (χ2v) is 7.29. The van der Waals surface area contributed by atoms with Crippen LogP contribution in [0, 0.1) is 11.3 Å². The molecule has 0 radical (unpaired) electrons. The molecule has 148 valence electrons. The molecule has 0 atom stereocenters. The third-order valence-electron chi connectivity index (χ3n) is 3.41. The van der Waals surface area contributed by atoms with Gasteiger partial charge in [-0.2, -0.15) is 31.6 Å². The second-order valence-electron chi connectivity index (χ2n) is 5.38. The third kappa shape index (κ3) is 4.83. The summed E-state index contributed by atoms with van der Waals surface area (Å²) < 4.78 is 102. The molecule has 0 saturated heterocycles. The fourth-order valence-electron chi connectivity index (χ4n) is 2.08. The summed E-state index contributed by atoms with van der Waals surface area (Å²) in [4.78, 5) is -1.14. The van der Waals surface area contributed by atoms with E-state index in [1.165, 1.54) is 36.4 Å². The van der Waals surface area contributed by atoms with Crippen LogP contribution in [0.3, 0.4) is 0 Å². The Morgan fingerprint density at radius 1 is 0.929 bits per heavy atom. The zero-order valence-corrected chi connectivity index (χ0v) is 14.5. The second kappa shape index (κ2) is 7.55. The molecule has 0 aliphatic rings. The number of allylic oxidation sites excluding steroid dienone is 1. The van der Waals surface area contributed by atoms with Crippen LogP contribution >= 0.6 is 0 Å². The Bertz CT molecular complexity index is 1000. The van der Waals surface area contributed by atoms with Crippen LogP contribution in [0.2, 0.25) is 0 Å². The maximum Gasteiger partial charge on any atom is 0.416 e. The van der Waals surface area contributed by atoms with Crippen molar-refractivity contribution in [3.63, 3.8) is 0 Å². The predicted molar refractivity (Wildman–Crippen MR) is 87.4 cm³/mol. The van der Waals surface area contributed by atoms with E-state index in [2.05, 4.69) is 0 Å². The number of rotatable bonds is 4. The molecule has 2 aromatic rings. The van der Waals surface area contributed by atoms with Crippen LogP contribution in [-0.4, -0.2) is 8.42 Å². The Morgan fingerprint density at radius 2 is 1.43 bits per heavy atom. The maximum absolute atomic E-state index is 12.9. The van der Waals surface area contributed by atoms with Gasteiger partial charge in [-0.05, 0) is 30.3 Å². The van der Waals surface area contributed by atoms with Gasteiger partial charge in [0, 0.05) is 11.9 Å². The molecule has 28 heavy (non-hydrogen) atoms. The first-order valence-electron chi connectivity index (χ1n) is 7.32. The third-order valence-corrected chi connectivity index (χ3v) is 5.09. The van der Waals surface area contributed by atoms with E-state index >= 15 is 0 Å². The minimum absolute atomic E-state index is 0.0686. The predicted octanol–water partition coefficient (Wildman–Crippen LogP) is 4.97. The van der Waals surface area contributed by atoms with Crippen LogP contribution in [0.5, 0.6) is 0 Å². The lowest BCUT2D eigenvalue weighted by molar-refractivity contribution is -0.143. The number of nitrogens with zero attached hydrogens (tertiary/aromatic N) is 1. The average Bonchev–Trinajstić information content (AvgIpc) is 2.61. The zero-order valence-electron chi connectivity index (χ0n) is 13.6. The first-order chi connectivity index (χ1) is 12.9. The van der Waals surface area contributed by atoms with Gasteiger partial charge in [0.1, 0.15) is 6.07 Å². The van der Waals surface area contributed by atoms with E-state index in [0.717, 1.165) is 0 Å². The number of hydrogen-bond donors (Lipinski definition) is 1. The van der Waals surface area contributed by atoms with Crippen molar-refractivity contribution in [3.05, 3.63) is 70.8 Å². The van der Waals surface area contributed by atoms with Crippen molar-refractivity contribution in [2.45, 2.75) is 17.2 Å². The van der Waals surface area contributed by atoms with Gasteiger partial charge in [0.25, 0.3) is 0 Å². The Kier molecular flexibility index (Phi) is 5.75. The Balaban J connectivity index is 2.48. The number of hydrogen-bond acceptors (Lipinski definition) is 4. The molecule has 4 nitrogen and oxygen atoms in total. The van der Waals surface area contributed by atoms with Crippen LogP contribution < -0.4 is 5.32 Å². The highest BCUT2D eigenvalue weighted by Crippen LogP contribution is 2.37. The lowest BCUT2D eigenvalue weighted by Gasteiger charge is -2.14. The molecule has 0 unspecified atom stereocenters. The van der Waals surface area contributed by atoms with Crippen LogP contribution in [0.4, 0.5) is 32.0 Å². The quantitative estimate of drug-likeness (QED) is 0.560. The highest BCUT2D eigenvalue weighted by molar-refractivity contribution is 7.95. The molecular weight excluding hydrogens is 410 g/mol. The lowest BCUT2D eigenvalue weighted by atomic mass is 10.1. The van der Waals surface area contributed by atoms with Crippen LogP contribution in [0.1, 0.15) is 11.1 Å².